The number of carbonyl (C=O) groups is 1. The van der Waals surface area contributed by atoms with Gasteiger partial charge in [-0.3, -0.25) is 9.69 Å². The zero-order chi connectivity index (χ0) is 15.2. The summed E-state index contributed by atoms with van der Waals surface area (Å²) < 4.78 is 1.04. The minimum Gasteiger partial charge on any atom is -0.325 e. The topological polar surface area (TPSA) is 32.3 Å². The largest absolute Gasteiger partial charge is 0.325 e. The van der Waals surface area contributed by atoms with Gasteiger partial charge in [0.05, 0.1) is 6.54 Å². The number of benzene rings is 2. The Morgan fingerprint density at radius 1 is 1.19 bits per heavy atom. The molecular formula is C17H19BrN2O. The molecule has 0 aliphatic rings. The van der Waals surface area contributed by atoms with Gasteiger partial charge < -0.3 is 5.32 Å². The zero-order valence-corrected chi connectivity index (χ0v) is 13.9. The molecule has 2 rings (SSSR count). The summed E-state index contributed by atoms with van der Waals surface area (Å²) in [6, 6.07) is 15.9. The van der Waals surface area contributed by atoms with Crippen LogP contribution < -0.4 is 5.32 Å². The normalized spacial score (nSPS) is 10.7. The first-order valence-electron chi connectivity index (χ1n) is 6.83. The number of anilines is 1. The lowest BCUT2D eigenvalue weighted by Gasteiger charge is -2.16. The number of hydrogen-bond donors (Lipinski definition) is 1. The molecule has 0 heterocycles. The Hall–Kier alpha value is -1.65. The van der Waals surface area contributed by atoms with Crippen molar-refractivity contribution in [1.29, 1.82) is 0 Å². The highest BCUT2D eigenvalue weighted by Gasteiger charge is 2.08. The van der Waals surface area contributed by atoms with Crippen molar-refractivity contribution in [3.63, 3.8) is 0 Å². The van der Waals surface area contributed by atoms with E-state index in [1.807, 2.05) is 55.3 Å². The van der Waals surface area contributed by atoms with E-state index in [-0.39, 0.29) is 5.91 Å². The summed E-state index contributed by atoms with van der Waals surface area (Å²) in [5.41, 5.74) is 3.13. The highest BCUT2D eigenvalue weighted by atomic mass is 79.9. The van der Waals surface area contributed by atoms with E-state index < -0.39 is 0 Å². The first-order valence-corrected chi connectivity index (χ1v) is 7.62. The number of nitrogens with zero attached hydrogens (tertiary/aromatic N) is 1. The lowest BCUT2D eigenvalue weighted by Crippen LogP contribution is -2.29. The molecule has 0 radical (unpaired) electrons. The number of amides is 1. The Balaban J connectivity index is 1.87. The first kappa shape index (κ1) is 15.7. The number of rotatable bonds is 5. The second-order valence-electron chi connectivity index (χ2n) is 5.17. The molecule has 0 bridgehead atoms. The highest BCUT2D eigenvalue weighted by Crippen LogP contribution is 2.19. The van der Waals surface area contributed by atoms with Crippen molar-refractivity contribution >= 4 is 27.5 Å². The summed E-state index contributed by atoms with van der Waals surface area (Å²) in [6.07, 6.45) is 0. The van der Waals surface area contributed by atoms with Gasteiger partial charge >= 0.3 is 0 Å². The molecule has 0 unspecified atom stereocenters. The van der Waals surface area contributed by atoms with Gasteiger partial charge in [-0.05, 0) is 43.3 Å². The average Bonchev–Trinajstić information content (AvgIpc) is 2.43. The van der Waals surface area contributed by atoms with E-state index in [1.54, 1.807) is 0 Å². The van der Waals surface area contributed by atoms with Crippen LogP contribution in [0.1, 0.15) is 11.1 Å². The van der Waals surface area contributed by atoms with Crippen LogP contribution in [0.2, 0.25) is 0 Å². The monoisotopic (exact) mass is 346 g/mol. The third-order valence-corrected chi connectivity index (χ3v) is 4.04. The number of likely N-dealkylation sites (N-methyl/N-ethyl adjacent to an activating group) is 1. The maximum Gasteiger partial charge on any atom is 0.238 e. The van der Waals surface area contributed by atoms with Gasteiger partial charge in [-0.15, -0.1) is 0 Å². The second kappa shape index (κ2) is 7.38. The number of carbonyl (C=O) groups excluding carboxylic acids is 1. The highest BCUT2D eigenvalue weighted by molar-refractivity contribution is 9.10. The Kier molecular flexibility index (Phi) is 5.53. The lowest BCUT2D eigenvalue weighted by molar-refractivity contribution is -0.117. The van der Waals surface area contributed by atoms with Gasteiger partial charge in [0.2, 0.25) is 5.91 Å². The van der Waals surface area contributed by atoms with Gasteiger partial charge in [0.1, 0.15) is 0 Å². The molecule has 1 amide bonds. The summed E-state index contributed by atoms with van der Waals surface area (Å²) in [4.78, 5) is 14.0. The van der Waals surface area contributed by atoms with Crippen LogP contribution in [0.4, 0.5) is 5.69 Å². The van der Waals surface area contributed by atoms with Gasteiger partial charge in [0, 0.05) is 16.7 Å². The summed E-state index contributed by atoms with van der Waals surface area (Å²) in [5.74, 6) is -0.00449. The standard InChI is InChI=1S/C17H19BrN2O/c1-13-10-15(8-9-16(13)18)19-17(21)12-20(2)11-14-6-4-3-5-7-14/h3-10H,11-12H2,1-2H3,(H,19,21). The molecule has 1 N–H and O–H groups in total. The molecule has 0 aliphatic heterocycles. The Labute approximate surface area is 134 Å². The van der Waals surface area contributed by atoms with Crippen molar-refractivity contribution < 1.29 is 4.79 Å². The van der Waals surface area contributed by atoms with Crippen LogP contribution in [0.3, 0.4) is 0 Å². The summed E-state index contributed by atoms with van der Waals surface area (Å²) in [7, 11) is 1.94. The third kappa shape index (κ3) is 4.99. The summed E-state index contributed by atoms with van der Waals surface area (Å²) >= 11 is 3.45. The minimum absolute atomic E-state index is 0.00449. The predicted octanol–water partition coefficient (Wildman–Crippen LogP) is 3.83. The average molecular weight is 347 g/mol. The molecule has 3 nitrogen and oxygen atoms in total. The Bertz CT molecular complexity index is 613. The van der Waals surface area contributed by atoms with Gasteiger partial charge in [0.15, 0.2) is 0 Å². The lowest BCUT2D eigenvalue weighted by atomic mass is 10.2. The van der Waals surface area contributed by atoms with E-state index in [0.717, 1.165) is 22.3 Å². The number of nitrogens with one attached hydrogen (secondary N) is 1. The molecule has 21 heavy (non-hydrogen) atoms. The van der Waals surface area contributed by atoms with E-state index >= 15 is 0 Å². The molecular weight excluding hydrogens is 328 g/mol. The van der Waals surface area contributed by atoms with Crippen LogP contribution in [-0.4, -0.2) is 24.4 Å². The molecule has 0 saturated carbocycles. The van der Waals surface area contributed by atoms with E-state index in [4.69, 9.17) is 0 Å². The van der Waals surface area contributed by atoms with Gasteiger partial charge in [-0.2, -0.15) is 0 Å². The molecule has 110 valence electrons. The molecule has 0 atom stereocenters. The Morgan fingerprint density at radius 3 is 2.57 bits per heavy atom. The van der Waals surface area contributed by atoms with Crippen molar-refractivity contribution in [2.45, 2.75) is 13.5 Å². The molecule has 0 spiro atoms. The van der Waals surface area contributed by atoms with Crippen molar-refractivity contribution in [3.8, 4) is 0 Å². The van der Waals surface area contributed by atoms with Gasteiger partial charge in [-0.25, -0.2) is 0 Å². The molecule has 0 fully saturated rings. The fraction of sp³-hybridized carbons (Fsp3) is 0.235. The van der Waals surface area contributed by atoms with Crippen LogP contribution in [0.25, 0.3) is 0 Å². The van der Waals surface area contributed by atoms with Gasteiger partial charge in [0.25, 0.3) is 0 Å². The van der Waals surface area contributed by atoms with Crippen LogP contribution in [0.15, 0.2) is 53.0 Å². The number of halogens is 1. The zero-order valence-electron chi connectivity index (χ0n) is 12.3. The minimum atomic E-state index is -0.00449. The summed E-state index contributed by atoms with van der Waals surface area (Å²) in [5, 5.41) is 2.93. The van der Waals surface area contributed by atoms with Crippen LogP contribution in [-0.2, 0) is 11.3 Å². The third-order valence-electron chi connectivity index (χ3n) is 3.15. The fourth-order valence-corrected chi connectivity index (χ4v) is 2.37. The SMILES string of the molecule is Cc1cc(NC(=O)CN(C)Cc2ccccc2)ccc1Br. The fourth-order valence-electron chi connectivity index (χ4n) is 2.12. The van der Waals surface area contributed by atoms with E-state index in [9.17, 15) is 4.79 Å². The Morgan fingerprint density at radius 2 is 1.90 bits per heavy atom. The molecule has 4 heteroatoms. The quantitative estimate of drug-likeness (QED) is 0.892. The van der Waals surface area contributed by atoms with Crippen molar-refractivity contribution in [1.82, 2.24) is 4.90 Å². The maximum atomic E-state index is 12.0. The number of aryl methyl sites for hydroxylation is 1. The summed E-state index contributed by atoms with van der Waals surface area (Å²) in [6.45, 7) is 3.12. The molecule has 2 aromatic carbocycles. The van der Waals surface area contributed by atoms with Crippen molar-refractivity contribution in [2.75, 3.05) is 18.9 Å². The van der Waals surface area contributed by atoms with Crippen LogP contribution in [0, 0.1) is 6.92 Å². The first-order chi connectivity index (χ1) is 10.0. The smallest absolute Gasteiger partial charge is 0.238 e. The van der Waals surface area contributed by atoms with Gasteiger partial charge in [-0.1, -0.05) is 46.3 Å². The molecule has 0 aromatic heterocycles. The van der Waals surface area contributed by atoms with Crippen molar-refractivity contribution in [2.24, 2.45) is 0 Å². The van der Waals surface area contributed by atoms with Crippen LogP contribution >= 0.6 is 15.9 Å². The maximum absolute atomic E-state index is 12.0. The molecule has 0 aliphatic carbocycles. The second-order valence-corrected chi connectivity index (χ2v) is 6.02. The van der Waals surface area contributed by atoms with Crippen LogP contribution in [0.5, 0.6) is 0 Å². The molecule has 2 aromatic rings. The van der Waals surface area contributed by atoms with E-state index in [2.05, 4.69) is 33.4 Å². The predicted molar refractivity (Wildman–Crippen MR) is 90.3 cm³/mol. The molecule has 0 saturated heterocycles. The van der Waals surface area contributed by atoms with E-state index in [1.165, 1.54) is 5.56 Å². The number of hydrogen-bond acceptors (Lipinski definition) is 2. The van der Waals surface area contributed by atoms with Crippen molar-refractivity contribution in [3.05, 3.63) is 64.1 Å². The van der Waals surface area contributed by atoms with E-state index in [0.29, 0.717) is 6.54 Å².